The van der Waals surface area contributed by atoms with Gasteiger partial charge in [-0.2, -0.15) is 4.31 Å². The molecule has 3 rings (SSSR count). The summed E-state index contributed by atoms with van der Waals surface area (Å²) in [7, 11) is -0.410. The first-order valence-electron chi connectivity index (χ1n) is 10.4. The van der Waals surface area contributed by atoms with E-state index in [-0.39, 0.29) is 10.5 Å². The molecule has 2 aliphatic rings. The number of rotatable bonds is 5. The van der Waals surface area contributed by atoms with Gasteiger partial charge in [0.25, 0.3) is 5.91 Å². The Morgan fingerprint density at radius 1 is 1.13 bits per heavy atom. The van der Waals surface area contributed by atoms with Crippen LogP contribution in [0.5, 0.6) is 0 Å². The topological polar surface area (TPSA) is 96.0 Å². The van der Waals surface area contributed by atoms with E-state index in [1.54, 1.807) is 12.1 Å². The first-order valence-corrected chi connectivity index (χ1v) is 11.8. The molecule has 1 heterocycles. The quantitative estimate of drug-likeness (QED) is 0.701. The van der Waals surface area contributed by atoms with Crippen molar-refractivity contribution in [1.82, 2.24) is 14.5 Å². The fourth-order valence-corrected chi connectivity index (χ4v) is 5.56. The third-order valence-electron chi connectivity index (χ3n) is 6.25. The Labute approximate surface area is 178 Å². The van der Waals surface area contributed by atoms with Crippen molar-refractivity contribution in [2.45, 2.75) is 43.0 Å². The van der Waals surface area contributed by atoms with E-state index in [9.17, 15) is 18.0 Å². The van der Waals surface area contributed by atoms with Crippen LogP contribution >= 0.6 is 0 Å². The molecule has 1 aromatic carbocycles. The first-order chi connectivity index (χ1) is 14.2. The number of sulfonamides is 1. The van der Waals surface area contributed by atoms with E-state index < -0.39 is 27.4 Å². The van der Waals surface area contributed by atoms with E-state index in [0.29, 0.717) is 44.9 Å². The highest BCUT2D eigenvalue weighted by Crippen LogP contribution is 2.33. The standard InChI is InChI=1S/C21H31N3O5S/c1-16-7-9-21(10-8-16,20(26)29-3)22-19(25)17-5-4-6-18(15-17)30(27,28)24-13-11-23(2)12-14-24/h4-6,15-16H,7-14H2,1-3H3,(H,22,25). The van der Waals surface area contributed by atoms with Crippen LogP contribution in [0.3, 0.4) is 0 Å². The normalized spacial score (nSPS) is 26.2. The molecule has 1 aromatic rings. The molecule has 1 amide bonds. The molecule has 0 unspecified atom stereocenters. The molecule has 1 saturated carbocycles. The highest BCUT2D eigenvalue weighted by molar-refractivity contribution is 7.89. The summed E-state index contributed by atoms with van der Waals surface area (Å²) in [5.74, 6) is -0.439. The van der Waals surface area contributed by atoms with Crippen molar-refractivity contribution in [2.75, 3.05) is 40.3 Å². The lowest BCUT2D eigenvalue weighted by Gasteiger charge is -2.37. The number of esters is 1. The number of hydrogen-bond acceptors (Lipinski definition) is 6. The van der Waals surface area contributed by atoms with Crippen molar-refractivity contribution >= 4 is 21.9 Å². The lowest BCUT2D eigenvalue weighted by Crippen LogP contribution is -2.56. The number of methoxy groups -OCH3 is 1. The van der Waals surface area contributed by atoms with Gasteiger partial charge in [0.15, 0.2) is 0 Å². The predicted molar refractivity (Wildman–Crippen MR) is 113 cm³/mol. The average Bonchev–Trinajstić information content (AvgIpc) is 2.75. The Morgan fingerprint density at radius 2 is 1.77 bits per heavy atom. The summed E-state index contributed by atoms with van der Waals surface area (Å²) in [6.07, 6.45) is 2.64. The van der Waals surface area contributed by atoms with Crippen molar-refractivity contribution in [1.29, 1.82) is 0 Å². The lowest BCUT2D eigenvalue weighted by molar-refractivity contribution is -0.150. The van der Waals surface area contributed by atoms with Crippen LogP contribution in [-0.4, -0.2) is 75.4 Å². The zero-order valence-corrected chi connectivity index (χ0v) is 18.7. The molecule has 1 aliphatic heterocycles. The number of nitrogens with zero attached hydrogens (tertiary/aromatic N) is 2. The number of hydrogen-bond donors (Lipinski definition) is 1. The molecule has 30 heavy (non-hydrogen) atoms. The molecule has 0 aromatic heterocycles. The van der Waals surface area contributed by atoms with Gasteiger partial charge in [0, 0.05) is 31.7 Å². The number of amides is 1. The van der Waals surface area contributed by atoms with E-state index in [0.717, 1.165) is 12.8 Å². The highest BCUT2D eigenvalue weighted by Gasteiger charge is 2.43. The molecule has 9 heteroatoms. The second-order valence-electron chi connectivity index (χ2n) is 8.45. The maximum Gasteiger partial charge on any atom is 0.331 e. The minimum absolute atomic E-state index is 0.0871. The Hall–Kier alpha value is -1.97. The summed E-state index contributed by atoms with van der Waals surface area (Å²) in [5.41, 5.74) is -0.850. The third-order valence-corrected chi connectivity index (χ3v) is 8.15. The van der Waals surface area contributed by atoms with Gasteiger partial charge in [-0.15, -0.1) is 0 Å². The molecule has 1 saturated heterocycles. The van der Waals surface area contributed by atoms with Gasteiger partial charge in [-0.05, 0) is 56.8 Å². The number of ether oxygens (including phenoxy) is 1. The van der Waals surface area contributed by atoms with Crippen molar-refractivity contribution in [3.05, 3.63) is 29.8 Å². The van der Waals surface area contributed by atoms with Gasteiger partial charge >= 0.3 is 5.97 Å². The maximum absolute atomic E-state index is 13.0. The summed E-state index contributed by atoms with van der Waals surface area (Å²) < 4.78 is 32.4. The van der Waals surface area contributed by atoms with Gasteiger partial charge < -0.3 is 15.0 Å². The zero-order valence-electron chi connectivity index (χ0n) is 17.9. The van der Waals surface area contributed by atoms with E-state index in [1.807, 2.05) is 7.05 Å². The van der Waals surface area contributed by atoms with Gasteiger partial charge in [0.1, 0.15) is 5.54 Å². The van der Waals surface area contributed by atoms with E-state index >= 15 is 0 Å². The highest BCUT2D eigenvalue weighted by atomic mass is 32.2. The second kappa shape index (κ2) is 9.03. The fraction of sp³-hybridized carbons (Fsp3) is 0.619. The fourth-order valence-electron chi connectivity index (χ4n) is 4.10. The molecular formula is C21H31N3O5S. The van der Waals surface area contributed by atoms with Crippen LogP contribution in [0.15, 0.2) is 29.2 Å². The Bertz CT molecular complexity index is 886. The molecule has 0 atom stereocenters. The van der Waals surface area contributed by atoms with Gasteiger partial charge in [-0.1, -0.05) is 13.0 Å². The molecule has 0 bridgehead atoms. The molecule has 8 nitrogen and oxygen atoms in total. The van der Waals surface area contributed by atoms with Crippen molar-refractivity contribution in [3.8, 4) is 0 Å². The van der Waals surface area contributed by atoms with Crippen LogP contribution < -0.4 is 5.32 Å². The molecule has 1 N–H and O–H groups in total. The van der Waals surface area contributed by atoms with Gasteiger partial charge in [-0.3, -0.25) is 4.79 Å². The maximum atomic E-state index is 13.0. The summed E-state index contributed by atoms with van der Waals surface area (Å²) >= 11 is 0. The Balaban J connectivity index is 1.81. The Morgan fingerprint density at radius 3 is 2.37 bits per heavy atom. The molecule has 0 spiro atoms. The predicted octanol–water partition coefficient (Wildman–Crippen LogP) is 1.47. The number of likely N-dealkylation sites (N-methyl/N-ethyl adjacent to an activating group) is 1. The van der Waals surface area contributed by atoms with Crippen molar-refractivity contribution in [2.24, 2.45) is 5.92 Å². The lowest BCUT2D eigenvalue weighted by atomic mass is 9.77. The van der Waals surface area contributed by atoms with Crippen molar-refractivity contribution < 1.29 is 22.7 Å². The molecule has 1 aliphatic carbocycles. The van der Waals surface area contributed by atoms with Crippen LogP contribution in [0.2, 0.25) is 0 Å². The summed E-state index contributed by atoms with van der Waals surface area (Å²) in [6, 6.07) is 6.02. The van der Waals surface area contributed by atoms with Crippen molar-refractivity contribution in [3.63, 3.8) is 0 Å². The van der Waals surface area contributed by atoms with E-state index in [4.69, 9.17) is 4.74 Å². The van der Waals surface area contributed by atoms with E-state index in [1.165, 1.54) is 23.5 Å². The number of nitrogens with one attached hydrogen (secondary N) is 1. The number of carbonyl (C=O) groups excluding carboxylic acids is 2. The monoisotopic (exact) mass is 437 g/mol. The molecular weight excluding hydrogens is 406 g/mol. The first kappa shape index (κ1) is 22.7. The summed E-state index contributed by atoms with van der Waals surface area (Å²) in [5, 5.41) is 2.86. The average molecular weight is 438 g/mol. The van der Waals surface area contributed by atoms with Crippen LogP contribution in [0, 0.1) is 5.92 Å². The van der Waals surface area contributed by atoms with Gasteiger partial charge in [0.05, 0.1) is 12.0 Å². The third kappa shape index (κ3) is 4.68. The zero-order chi connectivity index (χ0) is 21.9. The van der Waals surface area contributed by atoms with Gasteiger partial charge in [0.2, 0.25) is 10.0 Å². The van der Waals surface area contributed by atoms with Crippen LogP contribution in [0.4, 0.5) is 0 Å². The second-order valence-corrected chi connectivity index (χ2v) is 10.4. The van der Waals surface area contributed by atoms with Crippen LogP contribution in [-0.2, 0) is 19.6 Å². The van der Waals surface area contributed by atoms with Crippen LogP contribution in [0.1, 0.15) is 43.0 Å². The SMILES string of the molecule is COC(=O)C1(NC(=O)c2cccc(S(=O)(=O)N3CCN(C)CC3)c2)CCC(C)CC1. The molecule has 2 fully saturated rings. The van der Waals surface area contributed by atoms with E-state index in [2.05, 4.69) is 17.1 Å². The van der Waals surface area contributed by atoms with Crippen LogP contribution in [0.25, 0.3) is 0 Å². The minimum Gasteiger partial charge on any atom is -0.467 e. The minimum atomic E-state index is -3.68. The molecule has 166 valence electrons. The summed E-state index contributed by atoms with van der Waals surface area (Å²) in [6.45, 7) is 4.28. The number of benzene rings is 1. The largest absolute Gasteiger partial charge is 0.467 e. The van der Waals surface area contributed by atoms with Gasteiger partial charge in [-0.25, -0.2) is 13.2 Å². The number of piperazine rings is 1. The summed E-state index contributed by atoms with van der Waals surface area (Å²) in [4.78, 5) is 27.6. The number of carbonyl (C=O) groups is 2. The Kier molecular flexibility index (Phi) is 6.84. The molecule has 0 radical (unpaired) electrons. The smallest absolute Gasteiger partial charge is 0.331 e.